The maximum Gasteiger partial charge on any atom is 0.271 e. The number of pyridine rings is 1. The minimum Gasteiger partial charge on any atom is -0.350 e. The molecule has 1 spiro atoms. The van der Waals surface area contributed by atoms with Crippen molar-refractivity contribution in [1.82, 2.24) is 24.9 Å². The van der Waals surface area contributed by atoms with Gasteiger partial charge in [0.1, 0.15) is 17.0 Å². The van der Waals surface area contributed by atoms with Crippen LogP contribution in [0.1, 0.15) is 72.3 Å². The molecule has 2 N–H and O–H groups in total. The number of nitrogens with one attached hydrogen (secondary N) is 2. The van der Waals surface area contributed by atoms with Crippen LogP contribution in [0.5, 0.6) is 0 Å². The first-order valence-electron chi connectivity index (χ1n) is 13.3. The molecule has 6 aliphatic carbocycles. The zero-order valence-corrected chi connectivity index (χ0v) is 19.9. The molecular weight excluding hydrogens is 426 g/mol. The molecular formula is C27H35N5O2. The van der Waals surface area contributed by atoms with Crippen LogP contribution in [0, 0.1) is 28.6 Å². The number of likely N-dealkylation sites (tertiary alicyclic amines) is 1. The summed E-state index contributed by atoms with van der Waals surface area (Å²) in [4.78, 5) is 32.8. The first-order chi connectivity index (χ1) is 16.6. The summed E-state index contributed by atoms with van der Waals surface area (Å²) in [5, 5.41) is 6.27. The van der Waals surface area contributed by atoms with E-state index < -0.39 is 0 Å². The van der Waals surface area contributed by atoms with E-state index in [4.69, 9.17) is 0 Å². The lowest BCUT2D eigenvalue weighted by atomic mass is 9.42. The fraction of sp³-hybridized carbons (Fsp3) is 0.667. The van der Waals surface area contributed by atoms with E-state index in [0.29, 0.717) is 29.0 Å². The van der Waals surface area contributed by atoms with Gasteiger partial charge in [-0.15, -0.1) is 0 Å². The number of amides is 2. The molecule has 2 amide bonds. The smallest absolute Gasteiger partial charge is 0.271 e. The van der Waals surface area contributed by atoms with Crippen LogP contribution >= 0.6 is 0 Å². The highest BCUT2D eigenvalue weighted by atomic mass is 16.2. The third-order valence-electron chi connectivity index (χ3n) is 10.1. The van der Waals surface area contributed by atoms with Crippen LogP contribution < -0.4 is 10.6 Å². The average Bonchev–Trinajstić information content (AvgIpc) is 3.47. The van der Waals surface area contributed by atoms with Crippen LogP contribution in [0.4, 0.5) is 0 Å². The van der Waals surface area contributed by atoms with E-state index in [1.807, 2.05) is 18.2 Å². The van der Waals surface area contributed by atoms with Crippen molar-refractivity contribution in [2.24, 2.45) is 28.6 Å². The summed E-state index contributed by atoms with van der Waals surface area (Å²) in [5.41, 5.74) is 2.60. The number of carbonyl (C=O) groups is 2. The lowest BCUT2D eigenvalue weighted by Gasteiger charge is -2.63. The number of piperidine rings is 1. The Hall–Kier alpha value is -2.41. The number of imidazole rings is 1. The van der Waals surface area contributed by atoms with Gasteiger partial charge in [0, 0.05) is 25.8 Å². The van der Waals surface area contributed by atoms with Crippen LogP contribution in [0.3, 0.4) is 0 Å². The van der Waals surface area contributed by atoms with Crippen LogP contribution in [-0.2, 0) is 0 Å². The van der Waals surface area contributed by atoms with Crippen molar-refractivity contribution in [3.63, 3.8) is 0 Å². The van der Waals surface area contributed by atoms with Gasteiger partial charge >= 0.3 is 0 Å². The summed E-state index contributed by atoms with van der Waals surface area (Å²) in [6.45, 7) is 4.50. The van der Waals surface area contributed by atoms with Gasteiger partial charge in [-0.3, -0.25) is 14.0 Å². The number of nitrogens with zero attached hydrogens (tertiary/aromatic N) is 3. The molecule has 7 fully saturated rings. The number of carbonyl (C=O) groups excluding carboxylic acids is 2. The molecule has 9 rings (SSSR count). The zero-order chi connectivity index (χ0) is 22.9. The molecule has 180 valence electrons. The summed E-state index contributed by atoms with van der Waals surface area (Å²) in [5.74, 6) is 2.54. The van der Waals surface area contributed by atoms with E-state index in [-0.39, 0.29) is 11.8 Å². The maximum atomic E-state index is 13.2. The standard InChI is InChI=1S/C27H35N5O2/c33-24(28-7-10-31-8-2-1-3-9-31)21-16-32-22(5-4-6-23(32)30-21)25(34)29-17-26-12-18-11-19(13-26)27(18)15-20(27)14-26/h4-6,16,18-20H,1-3,7-15,17H2,(H,28,33)(H,29,34). The largest absolute Gasteiger partial charge is 0.350 e. The fourth-order valence-corrected chi connectivity index (χ4v) is 8.43. The van der Waals surface area contributed by atoms with Gasteiger partial charge in [0.25, 0.3) is 11.8 Å². The molecule has 2 aromatic rings. The van der Waals surface area contributed by atoms with E-state index in [9.17, 15) is 9.59 Å². The van der Waals surface area contributed by atoms with Crippen molar-refractivity contribution >= 4 is 17.5 Å². The molecule has 34 heavy (non-hydrogen) atoms. The molecule has 4 bridgehead atoms. The van der Waals surface area contributed by atoms with Crippen molar-refractivity contribution in [1.29, 1.82) is 0 Å². The van der Waals surface area contributed by atoms with Crippen molar-refractivity contribution in [2.75, 3.05) is 32.7 Å². The normalized spacial score (nSPS) is 35.5. The zero-order valence-electron chi connectivity index (χ0n) is 19.9. The van der Waals surface area contributed by atoms with Crippen molar-refractivity contribution in [2.45, 2.75) is 51.4 Å². The van der Waals surface area contributed by atoms with Gasteiger partial charge in [-0.1, -0.05) is 12.5 Å². The number of hydrogen-bond donors (Lipinski definition) is 2. The predicted molar refractivity (Wildman–Crippen MR) is 129 cm³/mol. The van der Waals surface area contributed by atoms with Crippen molar-refractivity contribution in [3.05, 3.63) is 35.8 Å². The summed E-state index contributed by atoms with van der Waals surface area (Å²) in [7, 11) is 0. The fourth-order valence-electron chi connectivity index (χ4n) is 8.43. The summed E-state index contributed by atoms with van der Waals surface area (Å²) in [6, 6.07) is 5.52. The first kappa shape index (κ1) is 20.9. The molecule has 3 heterocycles. The topological polar surface area (TPSA) is 78.7 Å². The Bertz CT molecular complexity index is 1140. The quantitative estimate of drug-likeness (QED) is 0.664. The maximum absolute atomic E-state index is 13.2. The van der Waals surface area contributed by atoms with Gasteiger partial charge in [0.15, 0.2) is 0 Å². The SMILES string of the molecule is O=C(NCCN1CCCCC1)c1cn2c(C(=O)NCC34CC5CC(C3)C53CC3C4)cccc2n1. The Morgan fingerprint density at radius 2 is 1.76 bits per heavy atom. The van der Waals surface area contributed by atoms with Crippen LogP contribution in [0.2, 0.25) is 0 Å². The van der Waals surface area contributed by atoms with Crippen molar-refractivity contribution < 1.29 is 9.59 Å². The van der Waals surface area contributed by atoms with Crippen LogP contribution in [0.25, 0.3) is 5.65 Å². The van der Waals surface area contributed by atoms with Gasteiger partial charge in [-0.05, 0) is 98.8 Å². The van der Waals surface area contributed by atoms with Crippen molar-refractivity contribution in [3.8, 4) is 0 Å². The monoisotopic (exact) mass is 461 g/mol. The molecule has 0 aromatic carbocycles. The minimum atomic E-state index is -0.178. The van der Waals surface area contributed by atoms with Crippen LogP contribution in [0.15, 0.2) is 24.4 Å². The third kappa shape index (κ3) is 3.15. The Morgan fingerprint density at radius 3 is 2.56 bits per heavy atom. The van der Waals surface area contributed by atoms with Gasteiger partial charge < -0.3 is 15.5 Å². The van der Waals surface area contributed by atoms with Gasteiger partial charge in [0.2, 0.25) is 0 Å². The Balaban J connectivity index is 1.00. The first-order valence-corrected chi connectivity index (χ1v) is 13.3. The Labute approximate surface area is 200 Å². The van der Waals surface area contributed by atoms with Gasteiger partial charge in [-0.2, -0.15) is 0 Å². The van der Waals surface area contributed by atoms with Crippen LogP contribution in [-0.4, -0.2) is 58.8 Å². The summed E-state index contributed by atoms with van der Waals surface area (Å²) >= 11 is 0. The highest BCUT2D eigenvalue weighted by molar-refractivity contribution is 5.95. The summed E-state index contributed by atoms with van der Waals surface area (Å²) in [6.07, 6.45) is 12.3. The highest BCUT2D eigenvalue weighted by Crippen LogP contribution is 2.84. The molecule has 1 aliphatic heterocycles. The number of hydrogen-bond acceptors (Lipinski definition) is 4. The second-order valence-electron chi connectivity index (χ2n) is 11.9. The van der Waals surface area contributed by atoms with E-state index in [1.54, 1.807) is 10.6 Å². The molecule has 7 aliphatic rings. The predicted octanol–water partition coefficient (Wildman–Crippen LogP) is 3.11. The van der Waals surface area contributed by atoms with E-state index in [2.05, 4.69) is 20.5 Å². The van der Waals surface area contributed by atoms with E-state index in [1.165, 1.54) is 51.4 Å². The lowest BCUT2D eigenvalue weighted by Crippen LogP contribution is -2.58. The third-order valence-corrected chi connectivity index (χ3v) is 10.1. The Kier molecular flexibility index (Phi) is 4.64. The molecule has 3 atom stereocenters. The molecule has 7 nitrogen and oxygen atoms in total. The summed E-state index contributed by atoms with van der Waals surface area (Å²) < 4.78 is 1.76. The second-order valence-corrected chi connectivity index (χ2v) is 11.9. The molecule has 1 saturated heterocycles. The molecule has 0 radical (unpaired) electrons. The molecule has 2 aromatic heterocycles. The minimum absolute atomic E-state index is 0.0682. The molecule has 3 unspecified atom stereocenters. The van der Waals surface area contributed by atoms with Gasteiger partial charge in [-0.25, -0.2) is 4.98 Å². The van der Waals surface area contributed by atoms with E-state index in [0.717, 1.165) is 49.3 Å². The van der Waals surface area contributed by atoms with Gasteiger partial charge in [0.05, 0.1) is 0 Å². The number of fused-ring (bicyclic) bond motifs is 1. The molecule has 7 heteroatoms. The lowest BCUT2D eigenvalue weighted by molar-refractivity contribution is -0.136. The van der Waals surface area contributed by atoms with E-state index >= 15 is 0 Å². The number of aromatic nitrogens is 2. The average molecular weight is 462 g/mol. The second kappa shape index (κ2) is 7.54. The Morgan fingerprint density at radius 1 is 0.971 bits per heavy atom. The highest BCUT2D eigenvalue weighted by Gasteiger charge is 2.77. The number of rotatable bonds is 7. The molecule has 6 saturated carbocycles.